The standard InChI is InChI=1S/C18H8S2/c1-3-9-11-7-16-18-10(4-2-6-14(18)20-16)12(11)8-15-17(9)13(5-1)19-15/h1-8H. The molecule has 0 N–H and O–H groups in total. The molecule has 0 aliphatic heterocycles. The van der Waals surface area contributed by atoms with E-state index in [2.05, 4.69) is 48.5 Å². The predicted octanol–water partition coefficient (Wildman–Crippen LogP) is 6.45. The zero-order valence-electron chi connectivity index (χ0n) is 10.4. The van der Waals surface area contributed by atoms with Gasteiger partial charge in [0, 0.05) is 29.6 Å². The zero-order chi connectivity index (χ0) is 12.8. The minimum absolute atomic E-state index is 1.41. The van der Waals surface area contributed by atoms with E-state index in [1.165, 1.54) is 51.1 Å². The van der Waals surface area contributed by atoms with E-state index in [9.17, 15) is 0 Å². The molecule has 0 aliphatic rings. The SMILES string of the molecule is c1cc2sc3cc4c(cc5sc6cccc4c65)c(c1)c23. The summed E-state index contributed by atoms with van der Waals surface area (Å²) < 4.78 is 5.74. The third-order valence-electron chi connectivity index (χ3n) is 4.41. The van der Waals surface area contributed by atoms with Crippen LogP contribution in [0.3, 0.4) is 0 Å². The first kappa shape index (κ1) is 9.92. The summed E-state index contributed by atoms with van der Waals surface area (Å²) in [6.07, 6.45) is 0. The molecule has 0 spiro atoms. The Morgan fingerprint density at radius 3 is 1.50 bits per heavy atom. The second-order valence-electron chi connectivity index (χ2n) is 5.41. The van der Waals surface area contributed by atoms with Gasteiger partial charge in [-0.25, -0.2) is 0 Å². The van der Waals surface area contributed by atoms with Crippen LogP contribution < -0.4 is 0 Å². The maximum Gasteiger partial charge on any atom is 0.0375 e. The van der Waals surface area contributed by atoms with E-state index in [1.807, 2.05) is 22.7 Å². The Labute approximate surface area is 122 Å². The van der Waals surface area contributed by atoms with Crippen LogP contribution in [0, 0.1) is 0 Å². The monoisotopic (exact) mass is 288 g/mol. The molecule has 6 aromatic rings. The number of hydrogen-bond acceptors (Lipinski definition) is 2. The summed E-state index contributed by atoms with van der Waals surface area (Å²) in [5.74, 6) is 0. The van der Waals surface area contributed by atoms with Crippen molar-refractivity contribution in [2.24, 2.45) is 0 Å². The highest BCUT2D eigenvalue weighted by Gasteiger charge is 2.16. The van der Waals surface area contributed by atoms with Crippen molar-refractivity contribution in [1.82, 2.24) is 0 Å². The largest absolute Gasteiger partial charge is 0.135 e. The quantitative estimate of drug-likeness (QED) is 0.282. The summed E-state index contributed by atoms with van der Waals surface area (Å²) in [4.78, 5) is 0. The lowest BCUT2D eigenvalue weighted by Crippen LogP contribution is -1.87. The number of fused-ring (bicyclic) bond motifs is 3. The molecule has 0 amide bonds. The molecule has 2 heteroatoms. The topological polar surface area (TPSA) is 0 Å². The van der Waals surface area contributed by atoms with Crippen LogP contribution in [0.2, 0.25) is 0 Å². The van der Waals surface area contributed by atoms with Gasteiger partial charge in [-0.1, -0.05) is 24.3 Å². The van der Waals surface area contributed by atoms with Gasteiger partial charge in [0.2, 0.25) is 0 Å². The molecule has 0 saturated heterocycles. The fraction of sp³-hybridized carbons (Fsp3) is 0. The average Bonchev–Trinajstić information content (AvgIpc) is 2.43. The molecule has 0 unspecified atom stereocenters. The molecule has 0 nitrogen and oxygen atoms in total. The van der Waals surface area contributed by atoms with Gasteiger partial charge in [-0.2, -0.15) is 0 Å². The Hall–Kier alpha value is -1.90. The van der Waals surface area contributed by atoms with E-state index in [4.69, 9.17) is 0 Å². The van der Waals surface area contributed by atoms with Crippen molar-refractivity contribution in [3.63, 3.8) is 0 Å². The molecule has 0 fully saturated rings. The normalized spacial score (nSPS) is 13.0. The molecular formula is C18H8S2. The third kappa shape index (κ3) is 0.952. The number of rotatable bonds is 0. The molecule has 0 bridgehead atoms. The van der Waals surface area contributed by atoms with Crippen LogP contribution >= 0.6 is 22.7 Å². The summed E-state index contributed by atoms with van der Waals surface area (Å²) in [6, 6.07) is 18.2. The average molecular weight is 288 g/mol. The minimum atomic E-state index is 1.41. The molecule has 4 aromatic carbocycles. The van der Waals surface area contributed by atoms with Crippen molar-refractivity contribution >= 4 is 73.8 Å². The molecule has 92 valence electrons. The first-order chi connectivity index (χ1) is 9.90. The summed E-state index contributed by atoms with van der Waals surface area (Å²) >= 11 is 3.82. The summed E-state index contributed by atoms with van der Waals surface area (Å²) in [5, 5.41) is 8.61. The molecule has 0 aliphatic carbocycles. The molecule has 2 aromatic heterocycles. The summed E-state index contributed by atoms with van der Waals surface area (Å²) in [7, 11) is 0. The molecule has 0 saturated carbocycles. The first-order valence-corrected chi connectivity index (χ1v) is 8.34. The highest BCUT2D eigenvalue weighted by molar-refractivity contribution is 7.29. The molecular weight excluding hydrogens is 280 g/mol. The van der Waals surface area contributed by atoms with Gasteiger partial charge in [-0.05, 0) is 45.8 Å². The van der Waals surface area contributed by atoms with E-state index in [1.54, 1.807) is 0 Å². The van der Waals surface area contributed by atoms with E-state index < -0.39 is 0 Å². The maximum atomic E-state index is 2.39. The van der Waals surface area contributed by atoms with Crippen LogP contribution in [0.1, 0.15) is 0 Å². The Kier molecular flexibility index (Phi) is 1.51. The van der Waals surface area contributed by atoms with E-state index in [-0.39, 0.29) is 0 Å². The number of benzene rings is 4. The fourth-order valence-corrected chi connectivity index (χ4v) is 5.60. The van der Waals surface area contributed by atoms with Gasteiger partial charge in [-0.15, -0.1) is 22.7 Å². The summed E-state index contributed by atoms with van der Waals surface area (Å²) in [6.45, 7) is 0. The number of hydrogen-bond donors (Lipinski definition) is 0. The van der Waals surface area contributed by atoms with Crippen molar-refractivity contribution in [3.05, 3.63) is 48.5 Å². The molecule has 6 rings (SSSR count). The maximum absolute atomic E-state index is 2.39. The van der Waals surface area contributed by atoms with Crippen LogP contribution in [0.25, 0.3) is 51.1 Å². The van der Waals surface area contributed by atoms with Crippen LogP contribution in [-0.2, 0) is 0 Å². The predicted molar refractivity (Wildman–Crippen MR) is 92.1 cm³/mol. The van der Waals surface area contributed by atoms with Gasteiger partial charge in [-0.3, -0.25) is 0 Å². The summed E-state index contributed by atoms with van der Waals surface area (Å²) in [5.41, 5.74) is 0. The smallest absolute Gasteiger partial charge is 0.0375 e. The van der Waals surface area contributed by atoms with Gasteiger partial charge in [0.05, 0.1) is 0 Å². The lowest BCUT2D eigenvalue weighted by atomic mass is 9.96. The van der Waals surface area contributed by atoms with Crippen molar-refractivity contribution < 1.29 is 0 Å². The van der Waals surface area contributed by atoms with E-state index in [0.717, 1.165) is 0 Å². The molecule has 20 heavy (non-hydrogen) atoms. The zero-order valence-corrected chi connectivity index (χ0v) is 12.1. The second-order valence-corrected chi connectivity index (χ2v) is 7.57. The molecule has 2 heterocycles. The molecule has 0 atom stereocenters. The van der Waals surface area contributed by atoms with Crippen molar-refractivity contribution in [2.75, 3.05) is 0 Å². The highest BCUT2D eigenvalue weighted by atomic mass is 32.1. The Balaban J connectivity index is 2.03. The second kappa shape index (κ2) is 3.05. The van der Waals surface area contributed by atoms with E-state index in [0.29, 0.717) is 0 Å². The van der Waals surface area contributed by atoms with Gasteiger partial charge in [0.1, 0.15) is 0 Å². The van der Waals surface area contributed by atoms with Gasteiger partial charge in [0.25, 0.3) is 0 Å². The fourth-order valence-electron chi connectivity index (χ4n) is 3.50. The molecule has 0 radical (unpaired) electrons. The van der Waals surface area contributed by atoms with Crippen LogP contribution in [0.4, 0.5) is 0 Å². The van der Waals surface area contributed by atoms with Crippen LogP contribution in [0.5, 0.6) is 0 Å². The van der Waals surface area contributed by atoms with Crippen LogP contribution in [0.15, 0.2) is 48.5 Å². The van der Waals surface area contributed by atoms with Gasteiger partial charge in [0.15, 0.2) is 0 Å². The van der Waals surface area contributed by atoms with Gasteiger partial charge < -0.3 is 0 Å². The highest BCUT2D eigenvalue weighted by Crippen LogP contribution is 2.47. The Morgan fingerprint density at radius 2 is 1.00 bits per heavy atom. The Morgan fingerprint density at radius 1 is 0.500 bits per heavy atom. The van der Waals surface area contributed by atoms with E-state index >= 15 is 0 Å². The van der Waals surface area contributed by atoms with Crippen LogP contribution in [-0.4, -0.2) is 0 Å². The van der Waals surface area contributed by atoms with Crippen molar-refractivity contribution in [1.29, 1.82) is 0 Å². The lowest BCUT2D eigenvalue weighted by Gasteiger charge is -2.16. The first-order valence-electron chi connectivity index (χ1n) is 6.71. The van der Waals surface area contributed by atoms with Crippen molar-refractivity contribution in [3.8, 4) is 0 Å². The Bertz CT molecular complexity index is 1140. The van der Waals surface area contributed by atoms with Crippen molar-refractivity contribution in [2.45, 2.75) is 0 Å². The third-order valence-corrected chi connectivity index (χ3v) is 6.61. The minimum Gasteiger partial charge on any atom is -0.135 e. The van der Waals surface area contributed by atoms with Gasteiger partial charge >= 0.3 is 0 Å². The lowest BCUT2D eigenvalue weighted by molar-refractivity contribution is 1.88.